The van der Waals surface area contributed by atoms with E-state index in [2.05, 4.69) is 15.6 Å². The van der Waals surface area contributed by atoms with Gasteiger partial charge in [-0.3, -0.25) is 9.69 Å². The fraction of sp³-hybridized carbons (Fsp3) is 0.250. The Hall–Kier alpha value is -4.14. The molecule has 1 aliphatic heterocycles. The summed E-state index contributed by atoms with van der Waals surface area (Å²) in [6, 6.07) is 12.2. The van der Waals surface area contributed by atoms with Crippen LogP contribution in [0.1, 0.15) is 22.8 Å². The molecule has 0 radical (unpaired) electrons. The van der Waals surface area contributed by atoms with Crippen LogP contribution in [0.2, 0.25) is 0 Å². The van der Waals surface area contributed by atoms with Gasteiger partial charge in [0.15, 0.2) is 5.82 Å². The fourth-order valence-electron chi connectivity index (χ4n) is 3.75. The molecule has 9 nitrogen and oxygen atoms in total. The number of aromatic nitrogens is 2. The zero-order valence-corrected chi connectivity index (χ0v) is 18.7. The number of hydrogen-bond acceptors (Lipinski definition) is 6. The second-order valence-corrected chi connectivity index (χ2v) is 7.65. The Labute approximate surface area is 191 Å². The molecule has 0 aliphatic carbocycles. The maximum absolute atomic E-state index is 12.7. The van der Waals surface area contributed by atoms with Crippen LogP contribution < -0.4 is 21.1 Å². The molecule has 0 bridgehead atoms. The molecule has 170 valence electrons. The van der Waals surface area contributed by atoms with E-state index in [4.69, 9.17) is 4.74 Å². The number of carbonyl (C=O) groups is 2. The molecule has 0 atom stereocenters. The summed E-state index contributed by atoms with van der Waals surface area (Å²) in [5.74, 6) is -0.246. The molecule has 2 N–H and O–H groups in total. The van der Waals surface area contributed by atoms with Crippen molar-refractivity contribution in [1.82, 2.24) is 14.9 Å². The molecule has 1 aliphatic rings. The lowest BCUT2D eigenvalue weighted by Gasteiger charge is -2.19. The van der Waals surface area contributed by atoms with Gasteiger partial charge in [0, 0.05) is 43.3 Å². The molecule has 1 saturated heterocycles. The van der Waals surface area contributed by atoms with Gasteiger partial charge < -0.3 is 19.9 Å². The molecule has 0 spiro atoms. The van der Waals surface area contributed by atoms with Gasteiger partial charge in [0.1, 0.15) is 0 Å². The van der Waals surface area contributed by atoms with E-state index in [1.165, 1.54) is 4.57 Å². The van der Waals surface area contributed by atoms with Crippen molar-refractivity contribution in [3.05, 3.63) is 70.1 Å². The first-order chi connectivity index (χ1) is 15.9. The van der Waals surface area contributed by atoms with Crippen molar-refractivity contribution in [2.24, 2.45) is 7.05 Å². The van der Waals surface area contributed by atoms with Gasteiger partial charge >= 0.3 is 12.0 Å². The predicted octanol–water partition coefficient (Wildman–Crippen LogP) is 3.21. The highest BCUT2D eigenvalue weighted by molar-refractivity contribution is 5.96. The van der Waals surface area contributed by atoms with E-state index >= 15 is 0 Å². The van der Waals surface area contributed by atoms with Crippen molar-refractivity contribution < 1.29 is 14.3 Å². The SMILES string of the molecule is CCOC(=O)c1ccc(Nc2nc(-c3cccc(N4CCNC4=O)c3C)cn(C)c2=O)cc1. The molecule has 3 aromatic rings. The topological polar surface area (TPSA) is 106 Å². The first kappa shape index (κ1) is 22.1. The number of hydrogen-bond donors (Lipinski definition) is 2. The van der Waals surface area contributed by atoms with Crippen molar-refractivity contribution >= 4 is 29.2 Å². The van der Waals surface area contributed by atoms with Gasteiger partial charge in [0.05, 0.1) is 17.9 Å². The van der Waals surface area contributed by atoms with Crippen LogP contribution in [0.5, 0.6) is 0 Å². The zero-order chi connectivity index (χ0) is 23.5. The molecule has 2 heterocycles. The maximum atomic E-state index is 12.7. The fourth-order valence-corrected chi connectivity index (χ4v) is 3.75. The molecular formula is C24H25N5O4. The summed E-state index contributed by atoms with van der Waals surface area (Å²) in [5.41, 5.74) is 3.87. The number of aryl methyl sites for hydroxylation is 1. The molecule has 2 amide bonds. The standard InChI is InChI=1S/C24H25N5O4/c1-4-33-23(31)16-8-10-17(11-9-16)26-21-22(30)28(3)14-19(27-21)18-6-5-7-20(15(18)2)29-13-12-25-24(29)32/h5-11,14H,4,12-13H2,1-3H3,(H,25,32)(H,26,27). The van der Waals surface area contributed by atoms with Crippen molar-refractivity contribution in [1.29, 1.82) is 0 Å². The normalized spacial score (nSPS) is 13.1. The second kappa shape index (κ2) is 9.15. The summed E-state index contributed by atoms with van der Waals surface area (Å²) < 4.78 is 6.46. The Bertz CT molecular complexity index is 1270. The molecule has 2 aromatic carbocycles. The summed E-state index contributed by atoms with van der Waals surface area (Å²) in [6.07, 6.45) is 1.67. The second-order valence-electron chi connectivity index (χ2n) is 7.65. The van der Waals surface area contributed by atoms with E-state index in [1.54, 1.807) is 49.3 Å². The first-order valence-electron chi connectivity index (χ1n) is 10.7. The number of amides is 2. The molecule has 4 rings (SSSR count). The van der Waals surface area contributed by atoms with Crippen molar-refractivity contribution in [2.45, 2.75) is 13.8 Å². The van der Waals surface area contributed by atoms with Gasteiger partial charge in [0.25, 0.3) is 5.56 Å². The van der Waals surface area contributed by atoms with Crippen molar-refractivity contribution in [3.8, 4) is 11.3 Å². The van der Waals surface area contributed by atoms with Crippen LogP contribution >= 0.6 is 0 Å². The van der Waals surface area contributed by atoms with Crippen molar-refractivity contribution in [2.75, 3.05) is 29.9 Å². The van der Waals surface area contributed by atoms with E-state index in [9.17, 15) is 14.4 Å². The molecule has 1 aromatic heterocycles. The van der Waals surface area contributed by atoms with Gasteiger partial charge in [-0.15, -0.1) is 0 Å². The third-order valence-electron chi connectivity index (χ3n) is 5.46. The van der Waals surface area contributed by atoms with Crippen LogP contribution in [0.4, 0.5) is 22.0 Å². The smallest absolute Gasteiger partial charge is 0.338 e. The number of urea groups is 1. The maximum Gasteiger partial charge on any atom is 0.338 e. The van der Waals surface area contributed by atoms with Crippen LogP contribution in [-0.4, -0.2) is 41.2 Å². The van der Waals surface area contributed by atoms with Gasteiger partial charge in [-0.2, -0.15) is 0 Å². The lowest BCUT2D eigenvalue weighted by Crippen LogP contribution is -2.28. The van der Waals surface area contributed by atoms with Crippen LogP contribution in [0.25, 0.3) is 11.3 Å². The highest BCUT2D eigenvalue weighted by Crippen LogP contribution is 2.30. The Morgan fingerprint density at radius 1 is 1.18 bits per heavy atom. The number of esters is 1. The number of nitrogens with one attached hydrogen (secondary N) is 2. The molecule has 0 saturated carbocycles. The third kappa shape index (κ3) is 4.43. The number of carbonyl (C=O) groups excluding carboxylic acids is 2. The van der Waals surface area contributed by atoms with Crippen LogP contribution in [0.3, 0.4) is 0 Å². The van der Waals surface area contributed by atoms with Gasteiger partial charge in [-0.05, 0) is 49.7 Å². The minimum Gasteiger partial charge on any atom is -0.462 e. The van der Waals surface area contributed by atoms with E-state index in [1.807, 2.05) is 25.1 Å². The number of ether oxygens (including phenoxy) is 1. The average Bonchev–Trinajstić information content (AvgIpc) is 3.23. The Morgan fingerprint density at radius 2 is 1.94 bits per heavy atom. The monoisotopic (exact) mass is 447 g/mol. The number of rotatable bonds is 6. The van der Waals surface area contributed by atoms with E-state index in [0.717, 1.165) is 16.8 Å². The van der Waals surface area contributed by atoms with E-state index < -0.39 is 5.97 Å². The predicted molar refractivity (Wildman–Crippen MR) is 126 cm³/mol. The first-order valence-corrected chi connectivity index (χ1v) is 10.7. The lowest BCUT2D eigenvalue weighted by molar-refractivity contribution is 0.0526. The van der Waals surface area contributed by atoms with Gasteiger partial charge in [0.2, 0.25) is 0 Å². The highest BCUT2D eigenvalue weighted by Gasteiger charge is 2.24. The minimum atomic E-state index is -0.401. The molecule has 33 heavy (non-hydrogen) atoms. The molecule has 1 fully saturated rings. The summed E-state index contributed by atoms with van der Waals surface area (Å²) in [7, 11) is 1.66. The zero-order valence-electron chi connectivity index (χ0n) is 18.7. The van der Waals surface area contributed by atoms with Crippen LogP contribution in [0, 0.1) is 6.92 Å². The highest BCUT2D eigenvalue weighted by atomic mass is 16.5. The Balaban J connectivity index is 1.67. The van der Waals surface area contributed by atoms with Gasteiger partial charge in [-0.25, -0.2) is 14.6 Å². The quantitative estimate of drug-likeness (QED) is 0.562. The largest absolute Gasteiger partial charge is 0.462 e. The van der Waals surface area contributed by atoms with Crippen molar-refractivity contribution in [3.63, 3.8) is 0 Å². The molecule has 0 unspecified atom stereocenters. The number of anilines is 3. The summed E-state index contributed by atoms with van der Waals surface area (Å²) >= 11 is 0. The Morgan fingerprint density at radius 3 is 2.61 bits per heavy atom. The minimum absolute atomic E-state index is 0.128. The summed E-state index contributed by atoms with van der Waals surface area (Å²) in [6.45, 7) is 5.18. The van der Waals surface area contributed by atoms with E-state index in [0.29, 0.717) is 36.6 Å². The Kier molecular flexibility index (Phi) is 6.12. The number of nitrogens with zero attached hydrogens (tertiary/aromatic N) is 3. The molecule has 9 heteroatoms. The van der Waals surface area contributed by atoms with Crippen LogP contribution in [0.15, 0.2) is 53.5 Å². The van der Waals surface area contributed by atoms with E-state index in [-0.39, 0.29) is 17.4 Å². The van der Waals surface area contributed by atoms with Crippen LogP contribution in [-0.2, 0) is 11.8 Å². The molecular weight excluding hydrogens is 422 g/mol. The lowest BCUT2D eigenvalue weighted by atomic mass is 10.0. The third-order valence-corrected chi connectivity index (χ3v) is 5.46. The summed E-state index contributed by atoms with van der Waals surface area (Å²) in [5, 5.41) is 5.86. The average molecular weight is 447 g/mol. The number of benzene rings is 2. The van der Waals surface area contributed by atoms with Gasteiger partial charge in [-0.1, -0.05) is 12.1 Å². The summed E-state index contributed by atoms with van der Waals surface area (Å²) in [4.78, 5) is 43.0.